The van der Waals surface area contributed by atoms with E-state index in [1.54, 1.807) is 43.5 Å². The number of aromatic carboxylic acids is 1. The van der Waals surface area contributed by atoms with Gasteiger partial charge in [-0.2, -0.15) is 0 Å². The molecule has 1 amide bonds. The van der Waals surface area contributed by atoms with Crippen LogP contribution < -0.4 is 4.74 Å². The molecule has 0 aliphatic carbocycles. The Kier molecular flexibility index (Phi) is 7.51. The Morgan fingerprint density at radius 3 is 2.50 bits per heavy atom. The number of carboxylic acid groups (broad SMARTS) is 1. The number of aliphatic imine (C=N–C) groups is 1. The van der Waals surface area contributed by atoms with Crippen LogP contribution in [0.2, 0.25) is 0 Å². The monoisotopic (exact) mass is 567 g/mol. The maximum absolute atomic E-state index is 12.9. The van der Waals surface area contributed by atoms with Gasteiger partial charge in [0.15, 0.2) is 5.17 Å². The highest BCUT2D eigenvalue weighted by Crippen LogP contribution is 2.35. The second kappa shape index (κ2) is 10.8. The second-order valence-corrected chi connectivity index (χ2v) is 9.54. The van der Waals surface area contributed by atoms with Gasteiger partial charge < -0.3 is 9.84 Å². The number of carboxylic acids is 1. The molecule has 0 atom stereocenters. The molecule has 1 aliphatic heterocycles. The fraction of sp³-hybridized carbons (Fsp3) is 0.0800. The van der Waals surface area contributed by atoms with E-state index in [1.165, 1.54) is 40.9 Å². The normalized spacial score (nSPS) is 15.5. The van der Waals surface area contributed by atoms with Gasteiger partial charge in [0.25, 0.3) is 11.6 Å². The summed E-state index contributed by atoms with van der Waals surface area (Å²) < 4.78 is 6.76. The van der Waals surface area contributed by atoms with E-state index < -0.39 is 10.9 Å². The van der Waals surface area contributed by atoms with Crippen LogP contribution in [0, 0.1) is 10.1 Å². The first-order valence-electron chi connectivity index (χ1n) is 10.5. The van der Waals surface area contributed by atoms with Crippen molar-refractivity contribution in [1.82, 2.24) is 4.90 Å². The number of benzene rings is 3. The summed E-state index contributed by atoms with van der Waals surface area (Å²) in [6.45, 7) is 0.190. The Balaban J connectivity index is 1.55. The standard InChI is InChI=1S/C25H18BrN3O6S/c1-28-23(30)22(36-25(28)27-19-7-4-16(5-8-19)24(31)32)13-17-12-18(26)6-11-21(17)35-14-15-2-9-20(10-3-15)29(33)34/h2-13H,14H2,1H3,(H,31,32)/b22-13-,27-25?. The lowest BCUT2D eigenvalue weighted by Crippen LogP contribution is -2.23. The molecule has 1 N–H and O–H groups in total. The van der Waals surface area contributed by atoms with E-state index in [0.717, 1.165) is 10.0 Å². The number of rotatable bonds is 7. The Labute approximate surface area is 218 Å². The molecule has 0 saturated carbocycles. The van der Waals surface area contributed by atoms with Crippen LogP contribution in [0.4, 0.5) is 11.4 Å². The Hall–Kier alpha value is -3.96. The minimum atomic E-state index is -1.03. The highest BCUT2D eigenvalue weighted by Gasteiger charge is 2.30. The fourth-order valence-corrected chi connectivity index (χ4v) is 4.58. The summed E-state index contributed by atoms with van der Waals surface area (Å²) in [6.07, 6.45) is 1.72. The summed E-state index contributed by atoms with van der Waals surface area (Å²) >= 11 is 4.64. The van der Waals surface area contributed by atoms with E-state index in [1.807, 2.05) is 12.1 Å². The van der Waals surface area contributed by atoms with E-state index in [0.29, 0.717) is 27.1 Å². The van der Waals surface area contributed by atoms with Gasteiger partial charge in [-0.3, -0.25) is 19.8 Å². The second-order valence-electron chi connectivity index (χ2n) is 7.62. The summed E-state index contributed by atoms with van der Waals surface area (Å²) in [7, 11) is 1.62. The first-order valence-corrected chi connectivity index (χ1v) is 12.1. The van der Waals surface area contributed by atoms with Crippen LogP contribution >= 0.6 is 27.7 Å². The molecule has 0 aromatic heterocycles. The summed E-state index contributed by atoms with van der Waals surface area (Å²) in [5, 5.41) is 20.4. The molecule has 0 bridgehead atoms. The van der Waals surface area contributed by atoms with Gasteiger partial charge in [0.1, 0.15) is 12.4 Å². The molecule has 0 radical (unpaired) electrons. The number of carbonyl (C=O) groups excluding carboxylic acids is 1. The maximum atomic E-state index is 12.9. The van der Waals surface area contributed by atoms with Crippen molar-refractivity contribution in [3.05, 3.63) is 103 Å². The smallest absolute Gasteiger partial charge is 0.335 e. The average Bonchev–Trinajstić information content (AvgIpc) is 3.11. The Morgan fingerprint density at radius 1 is 1.17 bits per heavy atom. The number of amides is 1. The number of nitrogens with zero attached hydrogens (tertiary/aromatic N) is 3. The maximum Gasteiger partial charge on any atom is 0.335 e. The third kappa shape index (κ3) is 5.81. The topological polar surface area (TPSA) is 122 Å². The van der Waals surface area contributed by atoms with E-state index in [-0.39, 0.29) is 23.8 Å². The summed E-state index contributed by atoms with van der Waals surface area (Å²) in [4.78, 5) is 40.7. The number of hydrogen-bond acceptors (Lipinski definition) is 7. The van der Waals surface area contributed by atoms with Crippen molar-refractivity contribution in [2.45, 2.75) is 6.61 Å². The van der Waals surface area contributed by atoms with Gasteiger partial charge in [-0.1, -0.05) is 15.9 Å². The number of nitro groups is 1. The van der Waals surface area contributed by atoms with Gasteiger partial charge in [-0.15, -0.1) is 0 Å². The largest absolute Gasteiger partial charge is 0.488 e. The number of nitro benzene ring substituents is 1. The number of amidine groups is 1. The van der Waals surface area contributed by atoms with Crippen LogP contribution in [0.25, 0.3) is 6.08 Å². The molecular weight excluding hydrogens is 550 g/mol. The number of non-ortho nitro benzene ring substituents is 1. The lowest BCUT2D eigenvalue weighted by molar-refractivity contribution is -0.384. The zero-order valence-corrected chi connectivity index (χ0v) is 21.2. The number of carbonyl (C=O) groups is 2. The molecule has 11 heteroatoms. The van der Waals surface area contributed by atoms with Gasteiger partial charge in [-0.05, 0) is 78.0 Å². The number of thioether (sulfide) groups is 1. The van der Waals surface area contributed by atoms with Crippen molar-refractivity contribution in [3.8, 4) is 5.75 Å². The van der Waals surface area contributed by atoms with Crippen LogP contribution in [-0.4, -0.2) is 39.0 Å². The van der Waals surface area contributed by atoms with E-state index in [9.17, 15) is 19.7 Å². The number of hydrogen-bond donors (Lipinski definition) is 1. The molecule has 1 aliphatic rings. The van der Waals surface area contributed by atoms with Crippen LogP contribution in [-0.2, 0) is 11.4 Å². The first kappa shape index (κ1) is 25.1. The lowest BCUT2D eigenvalue weighted by Gasteiger charge is -2.10. The fourth-order valence-electron chi connectivity index (χ4n) is 3.22. The summed E-state index contributed by atoms with van der Waals surface area (Å²) in [5.41, 5.74) is 2.11. The molecule has 3 aromatic carbocycles. The van der Waals surface area contributed by atoms with Gasteiger partial charge in [0.2, 0.25) is 0 Å². The molecule has 3 aromatic rings. The van der Waals surface area contributed by atoms with E-state index in [2.05, 4.69) is 20.9 Å². The van der Waals surface area contributed by atoms with Crippen LogP contribution in [0.15, 0.2) is 81.1 Å². The molecule has 0 spiro atoms. The number of ether oxygens (including phenoxy) is 1. The highest BCUT2D eigenvalue weighted by molar-refractivity contribution is 9.10. The molecule has 36 heavy (non-hydrogen) atoms. The summed E-state index contributed by atoms with van der Waals surface area (Å²) in [5.74, 6) is -0.723. The molecule has 4 rings (SSSR count). The van der Waals surface area contributed by atoms with Crippen molar-refractivity contribution in [2.24, 2.45) is 4.99 Å². The van der Waals surface area contributed by atoms with Crippen molar-refractivity contribution < 1.29 is 24.4 Å². The predicted octanol–water partition coefficient (Wildman–Crippen LogP) is 5.87. The Morgan fingerprint density at radius 2 is 1.86 bits per heavy atom. The molecule has 1 fully saturated rings. The van der Waals surface area contributed by atoms with Crippen molar-refractivity contribution in [2.75, 3.05) is 7.05 Å². The zero-order chi connectivity index (χ0) is 25.8. The van der Waals surface area contributed by atoms with Gasteiger partial charge in [0.05, 0.1) is 21.1 Å². The van der Waals surface area contributed by atoms with Crippen LogP contribution in [0.3, 0.4) is 0 Å². The third-order valence-corrected chi connectivity index (χ3v) is 6.70. The van der Waals surface area contributed by atoms with Gasteiger partial charge in [0, 0.05) is 29.2 Å². The highest BCUT2D eigenvalue weighted by atomic mass is 79.9. The average molecular weight is 568 g/mol. The number of halogens is 1. The zero-order valence-electron chi connectivity index (χ0n) is 18.8. The van der Waals surface area contributed by atoms with Crippen molar-refractivity contribution in [1.29, 1.82) is 0 Å². The molecule has 9 nitrogen and oxygen atoms in total. The van der Waals surface area contributed by atoms with Crippen molar-refractivity contribution in [3.63, 3.8) is 0 Å². The SMILES string of the molecule is CN1C(=O)/C(=C/c2cc(Br)ccc2OCc2ccc([N+](=O)[O-])cc2)SC1=Nc1ccc(C(=O)O)cc1. The predicted molar refractivity (Wildman–Crippen MR) is 140 cm³/mol. The number of likely N-dealkylation sites (N-methyl/N-ethyl adjacent to an activating group) is 1. The summed E-state index contributed by atoms with van der Waals surface area (Å²) in [6, 6.07) is 17.6. The van der Waals surface area contributed by atoms with Crippen LogP contribution in [0.1, 0.15) is 21.5 Å². The van der Waals surface area contributed by atoms with Crippen molar-refractivity contribution >= 4 is 62.2 Å². The first-order chi connectivity index (χ1) is 17.2. The van der Waals surface area contributed by atoms with E-state index in [4.69, 9.17) is 9.84 Å². The molecule has 182 valence electrons. The van der Waals surface area contributed by atoms with Gasteiger partial charge >= 0.3 is 5.97 Å². The molecule has 1 heterocycles. The molecule has 0 unspecified atom stereocenters. The Bertz CT molecular complexity index is 1400. The van der Waals surface area contributed by atoms with Gasteiger partial charge in [-0.25, -0.2) is 9.79 Å². The molecule has 1 saturated heterocycles. The quantitative estimate of drug-likeness (QED) is 0.215. The van der Waals surface area contributed by atoms with E-state index >= 15 is 0 Å². The minimum Gasteiger partial charge on any atom is -0.488 e. The molecular formula is C25H18BrN3O6S. The third-order valence-electron chi connectivity index (χ3n) is 5.14. The minimum absolute atomic E-state index is 0.00371. The lowest BCUT2D eigenvalue weighted by atomic mass is 10.1. The van der Waals surface area contributed by atoms with Crippen LogP contribution in [0.5, 0.6) is 5.75 Å².